The van der Waals surface area contributed by atoms with Gasteiger partial charge in [-0.25, -0.2) is 8.78 Å². The zero-order valence-corrected chi connectivity index (χ0v) is 9.65. The first-order valence-corrected chi connectivity index (χ1v) is 5.59. The molecule has 2 N–H and O–H groups in total. The van der Waals surface area contributed by atoms with E-state index in [0.29, 0.717) is 4.88 Å². The number of amides is 1. The summed E-state index contributed by atoms with van der Waals surface area (Å²) in [5.41, 5.74) is -0.317. The first-order valence-electron chi connectivity index (χ1n) is 4.77. The molecular formula is C10H9F2N3OS. The number of hydrogen-bond donors (Lipinski definition) is 2. The molecule has 0 bridgehead atoms. The van der Waals surface area contributed by atoms with Crippen LogP contribution in [0.1, 0.15) is 26.7 Å². The molecule has 0 unspecified atom stereocenters. The summed E-state index contributed by atoms with van der Waals surface area (Å²) in [6.07, 6.45) is -2.63. The number of hydrogen-bond acceptors (Lipinski definition) is 3. The highest BCUT2D eigenvalue weighted by Crippen LogP contribution is 2.20. The molecule has 0 aliphatic carbocycles. The number of carbonyl (C=O) groups excluding carboxylic acids is 1. The van der Waals surface area contributed by atoms with E-state index in [2.05, 4.69) is 15.5 Å². The minimum absolute atomic E-state index is 0.0938. The third-order valence-corrected chi connectivity index (χ3v) is 3.04. The molecule has 0 saturated carbocycles. The summed E-state index contributed by atoms with van der Waals surface area (Å²) in [7, 11) is 0. The molecule has 0 fully saturated rings. The maximum atomic E-state index is 12.3. The fourth-order valence-electron chi connectivity index (χ4n) is 1.25. The van der Waals surface area contributed by atoms with E-state index in [1.807, 2.05) is 13.0 Å². The first kappa shape index (κ1) is 11.7. The molecule has 0 aromatic carbocycles. The van der Waals surface area contributed by atoms with Crippen molar-refractivity contribution in [2.24, 2.45) is 0 Å². The second-order valence-electron chi connectivity index (χ2n) is 3.37. The number of halogens is 2. The monoisotopic (exact) mass is 257 g/mol. The summed E-state index contributed by atoms with van der Waals surface area (Å²) < 4.78 is 24.5. The molecule has 0 aliphatic heterocycles. The van der Waals surface area contributed by atoms with E-state index < -0.39 is 6.43 Å². The number of carbonyl (C=O) groups is 1. The van der Waals surface area contributed by atoms with Crippen molar-refractivity contribution in [1.29, 1.82) is 0 Å². The Balaban J connectivity index is 2.07. The number of nitrogens with zero attached hydrogens (tertiary/aromatic N) is 1. The normalized spacial score (nSPS) is 10.8. The fraction of sp³-hybridized carbons (Fsp3) is 0.200. The molecule has 90 valence electrons. The molecule has 0 radical (unpaired) electrons. The number of aromatic nitrogens is 2. The number of aromatic amines is 1. The van der Waals surface area contributed by atoms with Gasteiger partial charge in [-0.1, -0.05) is 0 Å². The van der Waals surface area contributed by atoms with E-state index in [0.717, 1.165) is 10.9 Å². The average molecular weight is 257 g/mol. The third kappa shape index (κ3) is 2.68. The van der Waals surface area contributed by atoms with Crippen LogP contribution >= 0.6 is 11.3 Å². The van der Waals surface area contributed by atoms with Crippen molar-refractivity contribution >= 4 is 23.1 Å². The Hall–Kier alpha value is -1.76. The molecular weight excluding hydrogens is 248 g/mol. The molecule has 0 spiro atoms. The van der Waals surface area contributed by atoms with Crippen molar-refractivity contribution in [3.8, 4) is 0 Å². The van der Waals surface area contributed by atoms with Crippen LogP contribution in [-0.2, 0) is 0 Å². The van der Waals surface area contributed by atoms with E-state index in [4.69, 9.17) is 0 Å². The molecule has 2 aromatic heterocycles. The molecule has 4 nitrogen and oxygen atoms in total. The zero-order valence-electron chi connectivity index (χ0n) is 8.83. The number of alkyl halides is 2. The maximum Gasteiger partial charge on any atom is 0.279 e. The number of nitrogens with one attached hydrogen (secondary N) is 2. The Morgan fingerprint density at radius 3 is 2.82 bits per heavy atom. The van der Waals surface area contributed by atoms with Crippen molar-refractivity contribution in [1.82, 2.24) is 10.2 Å². The smallest absolute Gasteiger partial charge is 0.279 e. The largest absolute Gasteiger partial charge is 0.304 e. The summed E-state index contributed by atoms with van der Waals surface area (Å²) >= 11 is 1.33. The van der Waals surface area contributed by atoms with Gasteiger partial charge in [0.05, 0.1) is 4.88 Å². The van der Waals surface area contributed by atoms with E-state index >= 15 is 0 Å². The van der Waals surface area contributed by atoms with Crippen molar-refractivity contribution in [3.63, 3.8) is 0 Å². The van der Waals surface area contributed by atoms with Gasteiger partial charge in [0, 0.05) is 10.9 Å². The van der Waals surface area contributed by atoms with Crippen LogP contribution in [0.3, 0.4) is 0 Å². The highest BCUT2D eigenvalue weighted by Gasteiger charge is 2.14. The molecule has 17 heavy (non-hydrogen) atoms. The summed E-state index contributed by atoms with van der Waals surface area (Å²) in [5, 5.41) is 8.18. The molecule has 0 atom stereocenters. The van der Waals surface area contributed by atoms with Crippen LogP contribution in [-0.4, -0.2) is 16.1 Å². The highest BCUT2D eigenvalue weighted by molar-refractivity contribution is 7.14. The van der Waals surface area contributed by atoms with Crippen molar-refractivity contribution in [2.45, 2.75) is 13.3 Å². The Morgan fingerprint density at radius 2 is 2.29 bits per heavy atom. The minimum Gasteiger partial charge on any atom is -0.304 e. The quantitative estimate of drug-likeness (QED) is 0.888. The number of H-pyrrole nitrogens is 1. The number of anilines is 1. The topological polar surface area (TPSA) is 57.8 Å². The Morgan fingerprint density at radius 1 is 1.53 bits per heavy atom. The number of thiophene rings is 1. The van der Waals surface area contributed by atoms with Crippen molar-refractivity contribution < 1.29 is 13.6 Å². The van der Waals surface area contributed by atoms with Gasteiger partial charge in [-0.15, -0.1) is 11.3 Å². The van der Waals surface area contributed by atoms with Gasteiger partial charge >= 0.3 is 0 Å². The lowest BCUT2D eigenvalue weighted by atomic mass is 10.4. The SMILES string of the molecule is Cc1ccc(C(=O)Nc2cc(C(F)F)[nH]n2)s1. The maximum absolute atomic E-state index is 12.3. The summed E-state index contributed by atoms with van der Waals surface area (Å²) in [5.74, 6) is -0.258. The van der Waals surface area contributed by atoms with Gasteiger partial charge in [0.1, 0.15) is 5.69 Å². The van der Waals surface area contributed by atoms with Crippen molar-refractivity contribution in [2.75, 3.05) is 5.32 Å². The van der Waals surface area contributed by atoms with E-state index in [9.17, 15) is 13.6 Å². The van der Waals surface area contributed by atoms with Crippen LogP contribution in [0.15, 0.2) is 18.2 Å². The lowest BCUT2D eigenvalue weighted by Gasteiger charge is -1.97. The summed E-state index contributed by atoms with van der Waals surface area (Å²) in [4.78, 5) is 13.2. The predicted molar refractivity (Wildman–Crippen MR) is 60.6 cm³/mol. The van der Waals surface area contributed by atoms with Crippen LogP contribution in [0, 0.1) is 6.92 Å². The van der Waals surface area contributed by atoms with E-state index in [-0.39, 0.29) is 17.4 Å². The molecule has 7 heteroatoms. The average Bonchev–Trinajstić information content (AvgIpc) is 2.86. The summed E-state index contributed by atoms with van der Waals surface area (Å²) in [6.45, 7) is 1.88. The highest BCUT2D eigenvalue weighted by atomic mass is 32.1. The van der Waals surface area contributed by atoms with Gasteiger partial charge in [-0.3, -0.25) is 9.89 Å². The van der Waals surface area contributed by atoms with Crippen molar-refractivity contribution in [3.05, 3.63) is 33.6 Å². The lowest BCUT2D eigenvalue weighted by molar-refractivity contribution is 0.103. The molecule has 2 rings (SSSR count). The van der Waals surface area contributed by atoms with Gasteiger partial charge in [-0.2, -0.15) is 5.10 Å². The van der Waals surface area contributed by atoms with Gasteiger partial charge in [0.2, 0.25) is 0 Å². The second-order valence-corrected chi connectivity index (χ2v) is 4.66. The zero-order chi connectivity index (χ0) is 12.4. The molecule has 0 saturated heterocycles. The molecule has 2 heterocycles. The van der Waals surface area contributed by atoms with Crippen LogP contribution in [0.4, 0.5) is 14.6 Å². The Bertz CT molecular complexity index is 535. The fourth-order valence-corrected chi connectivity index (χ4v) is 2.01. The Labute approximate surface area is 99.7 Å². The lowest BCUT2D eigenvalue weighted by Crippen LogP contribution is -2.10. The minimum atomic E-state index is -2.63. The molecule has 1 amide bonds. The first-order chi connectivity index (χ1) is 8.06. The van der Waals surface area contributed by atoms with Crippen LogP contribution in [0.2, 0.25) is 0 Å². The Kier molecular flexibility index (Phi) is 3.19. The summed E-state index contributed by atoms with van der Waals surface area (Å²) in [6, 6.07) is 4.60. The molecule has 2 aromatic rings. The second kappa shape index (κ2) is 4.62. The van der Waals surface area contributed by atoms with Crippen LogP contribution in [0.25, 0.3) is 0 Å². The van der Waals surface area contributed by atoms with Gasteiger partial charge in [0.15, 0.2) is 5.82 Å². The van der Waals surface area contributed by atoms with Gasteiger partial charge in [0.25, 0.3) is 12.3 Å². The predicted octanol–water partition coefficient (Wildman–Crippen LogP) is 2.97. The molecule has 0 aliphatic rings. The number of aryl methyl sites for hydroxylation is 1. The van der Waals surface area contributed by atoms with Crippen LogP contribution in [0.5, 0.6) is 0 Å². The number of rotatable bonds is 3. The van der Waals surface area contributed by atoms with Gasteiger partial charge < -0.3 is 5.32 Å². The van der Waals surface area contributed by atoms with Gasteiger partial charge in [-0.05, 0) is 19.1 Å². The van der Waals surface area contributed by atoms with Crippen LogP contribution < -0.4 is 5.32 Å². The van der Waals surface area contributed by atoms with E-state index in [1.54, 1.807) is 6.07 Å². The van der Waals surface area contributed by atoms with E-state index in [1.165, 1.54) is 11.3 Å². The standard InChI is InChI=1S/C10H9F2N3OS/c1-5-2-3-7(17-5)10(16)13-8-4-6(9(11)12)14-15-8/h2-4,9H,1H3,(H2,13,14,15,16). The third-order valence-electron chi connectivity index (χ3n) is 2.04.